The number of unbranched alkanes of at least 4 members (excludes halogenated alkanes) is 2. The molecular formula is C54H58N2. The van der Waals surface area contributed by atoms with Crippen LogP contribution in [0.2, 0.25) is 0 Å². The summed E-state index contributed by atoms with van der Waals surface area (Å²) in [6.07, 6.45) is 15.2. The zero-order chi connectivity index (χ0) is 39.1. The Morgan fingerprint density at radius 3 is 1.59 bits per heavy atom. The number of hydrogen-bond donors (Lipinski definition) is 0. The van der Waals surface area contributed by atoms with Crippen molar-refractivity contribution in [2.75, 3.05) is 9.80 Å². The zero-order valence-corrected chi connectivity index (χ0v) is 34.4. The van der Waals surface area contributed by atoms with E-state index in [1.54, 1.807) is 0 Å². The molecule has 0 aliphatic heterocycles. The van der Waals surface area contributed by atoms with Gasteiger partial charge in [-0.15, -0.1) is 0 Å². The normalized spacial score (nSPS) is 15.1. The number of benzene rings is 6. The van der Waals surface area contributed by atoms with E-state index < -0.39 is 5.54 Å². The summed E-state index contributed by atoms with van der Waals surface area (Å²) in [5.74, 6) is 0. The van der Waals surface area contributed by atoms with Crippen molar-refractivity contribution in [3.05, 3.63) is 202 Å². The smallest absolute Gasteiger partial charge is 0.0924 e. The van der Waals surface area contributed by atoms with Crippen LogP contribution in [0.15, 0.2) is 158 Å². The molecule has 0 radical (unpaired) electrons. The Balaban J connectivity index is 1.26. The molecular weight excluding hydrogens is 677 g/mol. The topological polar surface area (TPSA) is 6.48 Å². The fraction of sp³-hybridized carbons (Fsp3) is 0.259. The third kappa shape index (κ3) is 8.31. The first-order chi connectivity index (χ1) is 27.3. The van der Waals surface area contributed by atoms with Gasteiger partial charge in [-0.2, -0.15) is 0 Å². The molecule has 2 heteroatoms. The van der Waals surface area contributed by atoms with Crippen molar-refractivity contribution >= 4 is 34.0 Å². The van der Waals surface area contributed by atoms with Gasteiger partial charge in [-0.3, -0.25) is 0 Å². The molecule has 0 fully saturated rings. The fourth-order valence-electron chi connectivity index (χ4n) is 8.20. The number of allylic oxidation sites excluding steroid dienone is 2. The van der Waals surface area contributed by atoms with Crippen molar-refractivity contribution in [3.8, 4) is 0 Å². The Hall–Kier alpha value is -5.60. The minimum atomic E-state index is -0.420. The van der Waals surface area contributed by atoms with E-state index in [1.807, 2.05) is 0 Å². The summed E-state index contributed by atoms with van der Waals surface area (Å²) in [5, 5.41) is 0. The minimum Gasteiger partial charge on any atom is -0.327 e. The van der Waals surface area contributed by atoms with Crippen LogP contribution in [-0.4, -0.2) is 0 Å². The maximum Gasteiger partial charge on any atom is 0.0924 e. The zero-order valence-electron chi connectivity index (χ0n) is 34.4. The van der Waals surface area contributed by atoms with E-state index in [-0.39, 0.29) is 0 Å². The van der Waals surface area contributed by atoms with Crippen LogP contribution in [0.4, 0.5) is 28.4 Å². The molecule has 1 aliphatic rings. The second-order valence-electron chi connectivity index (χ2n) is 15.8. The van der Waals surface area contributed by atoms with E-state index in [0.717, 1.165) is 24.9 Å². The van der Waals surface area contributed by atoms with Gasteiger partial charge in [-0.05, 0) is 158 Å². The van der Waals surface area contributed by atoms with Gasteiger partial charge >= 0.3 is 0 Å². The molecule has 0 aromatic heterocycles. The Bertz CT molecular complexity index is 2280. The molecule has 284 valence electrons. The molecule has 0 bridgehead atoms. The standard InChI is InChI=1S/C54H58N2/c1-7-9-14-44-22-28-49(29-23-44)55(52-38-40(3)18-20-42(52)5)50-32-26-46(27-33-50)47-34-36-54(37-35-47,48-16-12-11-13-17-48)56(53-39-41(4)19-21-43(53)6)51-30-24-45(25-31-51)15-10-8-2/h11-13,16-36,38-39H,7-10,14-15,37H2,1-6H3. The number of hydrogen-bond acceptors (Lipinski definition) is 2. The molecule has 2 nitrogen and oxygen atoms in total. The molecule has 0 spiro atoms. The van der Waals surface area contributed by atoms with Crippen LogP contribution >= 0.6 is 0 Å². The lowest BCUT2D eigenvalue weighted by Gasteiger charge is -2.46. The third-order valence-electron chi connectivity index (χ3n) is 11.5. The Kier molecular flexibility index (Phi) is 12.1. The minimum absolute atomic E-state index is 0.420. The van der Waals surface area contributed by atoms with Gasteiger partial charge in [0.15, 0.2) is 0 Å². The van der Waals surface area contributed by atoms with Gasteiger partial charge in [-0.1, -0.05) is 136 Å². The molecule has 6 aromatic rings. The molecule has 6 aromatic carbocycles. The van der Waals surface area contributed by atoms with Gasteiger partial charge < -0.3 is 9.80 Å². The van der Waals surface area contributed by atoms with Crippen LogP contribution in [-0.2, 0) is 18.4 Å². The van der Waals surface area contributed by atoms with E-state index in [1.165, 1.54) is 98.5 Å². The Labute approximate surface area is 336 Å². The molecule has 0 saturated heterocycles. The SMILES string of the molecule is CCCCc1ccc(N(c2ccc(C3=CCC(c4ccccc4)(N(c4ccc(CCCC)cc4)c4cc(C)ccc4C)C=C3)cc2)c2cc(C)ccc2C)cc1. The van der Waals surface area contributed by atoms with Crippen LogP contribution in [0, 0.1) is 27.7 Å². The lowest BCUT2D eigenvalue weighted by atomic mass is 9.78. The summed E-state index contributed by atoms with van der Waals surface area (Å²) in [7, 11) is 0. The highest BCUT2D eigenvalue weighted by molar-refractivity contribution is 5.83. The van der Waals surface area contributed by atoms with Crippen molar-refractivity contribution in [2.45, 2.75) is 92.0 Å². The van der Waals surface area contributed by atoms with E-state index in [0.29, 0.717) is 0 Å². The van der Waals surface area contributed by atoms with Gasteiger partial charge in [-0.25, -0.2) is 0 Å². The van der Waals surface area contributed by atoms with E-state index >= 15 is 0 Å². The summed E-state index contributed by atoms with van der Waals surface area (Å²) in [6, 6.07) is 52.4. The van der Waals surface area contributed by atoms with Crippen molar-refractivity contribution in [2.24, 2.45) is 0 Å². The lowest BCUT2D eigenvalue weighted by Crippen LogP contribution is -2.43. The number of anilines is 5. The average Bonchev–Trinajstić information content (AvgIpc) is 3.23. The van der Waals surface area contributed by atoms with Crippen molar-refractivity contribution in [1.82, 2.24) is 0 Å². The number of nitrogens with zero attached hydrogens (tertiary/aromatic N) is 2. The maximum atomic E-state index is 2.59. The van der Waals surface area contributed by atoms with Crippen LogP contribution in [0.5, 0.6) is 0 Å². The molecule has 1 aliphatic carbocycles. The summed E-state index contributed by atoms with van der Waals surface area (Å²) in [4.78, 5) is 5.01. The monoisotopic (exact) mass is 734 g/mol. The van der Waals surface area contributed by atoms with E-state index in [4.69, 9.17) is 0 Å². The first kappa shape index (κ1) is 38.7. The summed E-state index contributed by atoms with van der Waals surface area (Å²) in [5.41, 5.74) is 17.2. The maximum absolute atomic E-state index is 2.59. The molecule has 0 amide bonds. The van der Waals surface area contributed by atoms with Gasteiger partial charge in [0.1, 0.15) is 0 Å². The summed E-state index contributed by atoms with van der Waals surface area (Å²) in [6.45, 7) is 13.4. The van der Waals surface area contributed by atoms with E-state index in [2.05, 4.69) is 209 Å². The van der Waals surface area contributed by atoms with Crippen molar-refractivity contribution in [1.29, 1.82) is 0 Å². The lowest BCUT2D eigenvalue weighted by molar-refractivity contribution is 0.547. The molecule has 0 saturated carbocycles. The quantitative estimate of drug-likeness (QED) is 0.110. The average molecular weight is 735 g/mol. The highest BCUT2D eigenvalue weighted by Crippen LogP contribution is 2.48. The number of aryl methyl sites for hydroxylation is 6. The molecule has 0 N–H and O–H groups in total. The predicted molar refractivity (Wildman–Crippen MR) is 242 cm³/mol. The first-order valence-electron chi connectivity index (χ1n) is 20.8. The van der Waals surface area contributed by atoms with Crippen molar-refractivity contribution in [3.63, 3.8) is 0 Å². The second kappa shape index (κ2) is 17.5. The van der Waals surface area contributed by atoms with Gasteiger partial charge in [0.25, 0.3) is 0 Å². The third-order valence-corrected chi connectivity index (χ3v) is 11.5. The summed E-state index contributed by atoms with van der Waals surface area (Å²) < 4.78 is 0. The van der Waals surface area contributed by atoms with Crippen LogP contribution in [0.25, 0.3) is 5.57 Å². The molecule has 0 heterocycles. The molecule has 7 rings (SSSR count). The van der Waals surface area contributed by atoms with Crippen LogP contribution in [0.1, 0.15) is 90.5 Å². The number of rotatable bonds is 14. The highest BCUT2D eigenvalue weighted by Gasteiger charge is 2.39. The highest BCUT2D eigenvalue weighted by atomic mass is 15.2. The fourth-order valence-corrected chi connectivity index (χ4v) is 8.20. The Morgan fingerprint density at radius 1 is 0.536 bits per heavy atom. The van der Waals surface area contributed by atoms with Crippen LogP contribution < -0.4 is 9.80 Å². The molecule has 56 heavy (non-hydrogen) atoms. The van der Waals surface area contributed by atoms with Gasteiger partial charge in [0, 0.05) is 28.4 Å². The Morgan fingerprint density at radius 2 is 1.05 bits per heavy atom. The van der Waals surface area contributed by atoms with E-state index in [9.17, 15) is 0 Å². The second-order valence-corrected chi connectivity index (χ2v) is 15.8. The predicted octanol–water partition coefficient (Wildman–Crippen LogP) is 15.2. The van der Waals surface area contributed by atoms with Crippen molar-refractivity contribution < 1.29 is 0 Å². The van der Waals surface area contributed by atoms with Gasteiger partial charge in [0.2, 0.25) is 0 Å². The van der Waals surface area contributed by atoms with Gasteiger partial charge in [0.05, 0.1) is 5.54 Å². The van der Waals surface area contributed by atoms with Crippen LogP contribution in [0.3, 0.4) is 0 Å². The molecule has 1 unspecified atom stereocenters. The largest absolute Gasteiger partial charge is 0.327 e. The first-order valence-corrected chi connectivity index (χ1v) is 20.8. The molecule has 1 atom stereocenters. The summed E-state index contributed by atoms with van der Waals surface area (Å²) >= 11 is 0.